The molecule has 116 valence electrons. The van der Waals surface area contributed by atoms with Crippen molar-refractivity contribution in [2.24, 2.45) is 0 Å². The Hall–Kier alpha value is -2.47. The van der Waals surface area contributed by atoms with E-state index in [2.05, 4.69) is 15.5 Å². The lowest BCUT2D eigenvalue weighted by Crippen LogP contribution is -2.15. The van der Waals surface area contributed by atoms with Crippen LogP contribution in [0.15, 0.2) is 65.8 Å². The summed E-state index contributed by atoms with van der Waals surface area (Å²) in [6.45, 7) is 2.46. The molecule has 1 heterocycles. The summed E-state index contributed by atoms with van der Waals surface area (Å²) in [6, 6.07) is 19.3. The number of aromatic nitrogens is 4. The maximum Gasteiger partial charge on any atom is 0.210 e. The van der Waals surface area contributed by atoms with Crippen LogP contribution in [0.5, 0.6) is 0 Å². The van der Waals surface area contributed by atoms with Gasteiger partial charge in [0.25, 0.3) is 0 Å². The molecule has 5 nitrogen and oxygen atoms in total. The van der Waals surface area contributed by atoms with Gasteiger partial charge in [-0.1, -0.05) is 72.4 Å². The molecule has 0 aliphatic carbocycles. The SMILES string of the molecule is C[C@H](Sc1nnnn1Cc1ccccc1)C(=O)c1ccccc1. The van der Waals surface area contributed by atoms with Crippen LogP contribution in [0.2, 0.25) is 0 Å². The van der Waals surface area contributed by atoms with Crippen LogP contribution in [0.4, 0.5) is 0 Å². The second-order valence-electron chi connectivity index (χ2n) is 5.10. The summed E-state index contributed by atoms with van der Waals surface area (Å²) in [7, 11) is 0. The highest BCUT2D eigenvalue weighted by Crippen LogP contribution is 2.23. The van der Waals surface area contributed by atoms with E-state index in [0.717, 1.165) is 5.56 Å². The van der Waals surface area contributed by atoms with Gasteiger partial charge in [0.2, 0.25) is 5.16 Å². The maximum absolute atomic E-state index is 12.4. The second-order valence-corrected chi connectivity index (χ2v) is 6.40. The van der Waals surface area contributed by atoms with Crippen molar-refractivity contribution >= 4 is 17.5 Å². The Morgan fingerprint density at radius 3 is 2.43 bits per heavy atom. The predicted molar refractivity (Wildman–Crippen MR) is 89.5 cm³/mol. The first-order valence-electron chi connectivity index (χ1n) is 7.30. The van der Waals surface area contributed by atoms with Gasteiger partial charge in [-0.2, -0.15) is 0 Å². The van der Waals surface area contributed by atoms with Gasteiger partial charge in [-0.3, -0.25) is 4.79 Å². The molecule has 1 aromatic heterocycles. The molecule has 1 atom stereocenters. The summed E-state index contributed by atoms with van der Waals surface area (Å²) in [4.78, 5) is 12.4. The first-order chi connectivity index (χ1) is 11.2. The number of thioether (sulfide) groups is 1. The summed E-state index contributed by atoms with van der Waals surface area (Å²) >= 11 is 1.38. The predicted octanol–water partition coefficient (Wildman–Crippen LogP) is 3.08. The Kier molecular flexibility index (Phi) is 4.83. The van der Waals surface area contributed by atoms with Crippen molar-refractivity contribution in [1.82, 2.24) is 20.2 Å². The Labute approximate surface area is 138 Å². The van der Waals surface area contributed by atoms with E-state index in [1.165, 1.54) is 11.8 Å². The van der Waals surface area contributed by atoms with E-state index in [0.29, 0.717) is 17.3 Å². The van der Waals surface area contributed by atoms with Crippen molar-refractivity contribution in [3.8, 4) is 0 Å². The van der Waals surface area contributed by atoms with Crippen molar-refractivity contribution in [2.45, 2.75) is 23.9 Å². The van der Waals surface area contributed by atoms with Crippen molar-refractivity contribution in [3.05, 3.63) is 71.8 Å². The highest BCUT2D eigenvalue weighted by Gasteiger charge is 2.19. The summed E-state index contributed by atoms with van der Waals surface area (Å²) in [5, 5.41) is 12.2. The molecule has 0 spiro atoms. The lowest BCUT2D eigenvalue weighted by atomic mass is 10.1. The van der Waals surface area contributed by atoms with Gasteiger partial charge in [-0.05, 0) is 22.9 Å². The minimum atomic E-state index is -0.252. The highest BCUT2D eigenvalue weighted by molar-refractivity contribution is 8.00. The summed E-state index contributed by atoms with van der Waals surface area (Å²) < 4.78 is 1.72. The summed E-state index contributed by atoms with van der Waals surface area (Å²) in [6.07, 6.45) is 0. The number of carbonyl (C=O) groups is 1. The standard InChI is InChI=1S/C17H16N4OS/c1-13(16(22)15-10-6-3-7-11-15)23-17-18-19-20-21(17)12-14-8-4-2-5-9-14/h2-11,13H,12H2,1H3/t13-/m0/s1. The van der Waals surface area contributed by atoms with Crippen molar-refractivity contribution < 1.29 is 4.79 Å². The lowest BCUT2D eigenvalue weighted by Gasteiger charge is -2.10. The van der Waals surface area contributed by atoms with Crippen LogP contribution in [-0.4, -0.2) is 31.2 Å². The Balaban J connectivity index is 1.71. The maximum atomic E-state index is 12.4. The molecule has 0 bridgehead atoms. The van der Waals surface area contributed by atoms with Crippen LogP contribution in [0, 0.1) is 0 Å². The Bertz CT molecular complexity index is 774. The molecule has 0 aliphatic rings. The van der Waals surface area contributed by atoms with Gasteiger partial charge >= 0.3 is 0 Å². The highest BCUT2D eigenvalue weighted by atomic mass is 32.2. The van der Waals surface area contributed by atoms with Gasteiger partial charge in [0.1, 0.15) is 0 Å². The first-order valence-corrected chi connectivity index (χ1v) is 8.18. The zero-order valence-corrected chi connectivity index (χ0v) is 13.5. The number of tetrazole rings is 1. The molecule has 0 saturated heterocycles. The molecule has 23 heavy (non-hydrogen) atoms. The van der Waals surface area contributed by atoms with Gasteiger partial charge in [0.05, 0.1) is 11.8 Å². The monoisotopic (exact) mass is 324 g/mol. The zero-order valence-electron chi connectivity index (χ0n) is 12.7. The smallest absolute Gasteiger partial charge is 0.210 e. The van der Waals surface area contributed by atoms with E-state index in [9.17, 15) is 4.79 Å². The van der Waals surface area contributed by atoms with E-state index in [1.54, 1.807) is 4.68 Å². The topological polar surface area (TPSA) is 60.7 Å². The molecular weight excluding hydrogens is 308 g/mol. The zero-order chi connectivity index (χ0) is 16.1. The molecule has 0 fully saturated rings. The molecule has 2 aromatic carbocycles. The fourth-order valence-electron chi connectivity index (χ4n) is 2.19. The van der Waals surface area contributed by atoms with Gasteiger partial charge in [0, 0.05) is 5.56 Å². The number of Topliss-reactive ketones (excluding diaryl/α,β-unsaturated/α-hetero) is 1. The molecule has 0 unspecified atom stereocenters. The van der Waals surface area contributed by atoms with Crippen LogP contribution >= 0.6 is 11.8 Å². The van der Waals surface area contributed by atoms with E-state index < -0.39 is 0 Å². The molecule has 0 amide bonds. The van der Waals surface area contributed by atoms with Gasteiger partial charge in [-0.25, -0.2) is 4.68 Å². The number of hydrogen-bond donors (Lipinski definition) is 0. The third-order valence-corrected chi connectivity index (χ3v) is 4.45. The van der Waals surface area contributed by atoms with E-state index in [1.807, 2.05) is 67.6 Å². The number of benzene rings is 2. The molecule has 0 radical (unpaired) electrons. The Morgan fingerprint density at radius 1 is 1.09 bits per heavy atom. The van der Waals surface area contributed by atoms with E-state index >= 15 is 0 Å². The normalized spacial score (nSPS) is 12.0. The lowest BCUT2D eigenvalue weighted by molar-refractivity contribution is 0.0994. The van der Waals surface area contributed by atoms with Crippen molar-refractivity contribution in [2.75, 3.05) is 0 Å². The van der Waals surface area contributed by atoms with Crippen molar-refractivity contribution in [3.63, 3.8) is 0 Å². The third-order valence-electron chi connectivity index (χ3n) is 3.38. The van der Waals surface area contributed by atoms with Crippen LogP contribution in [0.1, 0.15) is 22.8 Å². The molecule has 3 rings (SSSR count). The van der Waals surface area contributed by atoms with Crippen LogP contribution in [-0.2, 0) is 6.54 Å². The molecule has 6 heteroatoms. The van der Waals surface area contributed by atoms with Crippen LogP contribution in [0.25, 0.3) is 0 Å². The fraction of sp³-hybridized carbons (Fsp3) is 0.176. The number of ketones is 1. The number of hydrogen-bond acceptors (Lipinski definition) is 5. The first kappa shape index (κ1) is 15.4. The van der Waals surface area contributed by atoms with Gasteiger partial charge < -0.3 is 0 Å². The molecule has 0 aliphatic heterocycles. The molecule has 0 saturated carbocycles. The average molecular weight is 324 g/mol. The third kappa shape index (κ3) is 3.84. The minimum Gasteiger partial charge on any atom is -0.293 e. The van der Waals surface area contributed by atoms with Crippen LogP contribution in [0.3, 0.4) is 0 Å². The van der Waals surface area contributed by atoms with E-state index in [4.69, 9.17) is 0 Å². The largest absolute Gasteiger partial charge is 0.293 e. The van der Waals surface area contributed by atoms with Gasteiger partial charge in [-0.15, -0.1) is 5.10 Å². The Morgan fingerprint density at radius 2 is 1.74 bits per heavy atom. The van der Waals surface area contributed by atoms with Crippen molar-refractivity contribution in [1.29, 1.82) is 0 Å². The van der Waals surface area contributed by atoms with Crippen LogP contribution < -0.4 is 0 Å². The average Bonchev–Trinajstić information content (AvgIpc) is 3.02. The number of nitrogens with zero attached hydrogens (tertiary/aromatic N) is 4. The second kappa shape index (κ2) is 7.19. The summed E-state index contributed by atoms with van der Waals surface area (Å²) in [5.74, 6) is 0.0739. The quantitative estimate of drug-likeness (QED) is 0.515. The van der Waals surface area contributed by atoms with Gasteiger partial charge in [0.15, 0.2) is 5.78 Å². The summed E-state index contributed by atoms with van der Waals surface area (Å²) in [5.41, 5.74) is 1.82. The molecule has 3 aromatic rings. The molecule has 0 N–H and O–H groups in total. The molecular formula is C17H16N4OS. The minimum absolute atomic E-state index is 0.0739. The number of carbonyl (C=O) groups excluding carboxylic acids is 1. The van der Waals surface area contributed by atoms with E-state index in [-0.39, 0.29) is 11.0 Å². The fourth-order valence-corrected chi connectivity index (χ4v) is 3.05. The number of rotatable bonds is 6.